The van der Waals surface area contributed by atoms with Gasteiger partial charge in [-0.2, -0.15) is 0 Å². The van der Waals surface area contributed by atoms with Crippen molar-refractivity contribution in [3.63, 3.8) is 0 Å². The quantitative estimate of drug-likeness (QED) is 0.782. The molecule has 28 heavy (non-hydrogen) atoms. The Labute approximate surface area is 164 Å². The molecule has 1 aliphatic rings. The van der Waals surface area contributed by atoms with Crippen molar-refractivity contribution in [1.29, 1.82) is 0 Å². The van der Waals surface area contributed by atoms with Crippen LogP contribution < -0.4 is 10.6 Å². The number of benzene rings is 1. The monoisotopic (exact) mass is 379 g/mol. The topological polar surface area (TPSA) is 88.2 Å². The number of aryl methyl sites for hydroxylation is 2. The first kappa shape index (κ1) is 19.7. The molecule has 0 saturated carbocycles. The predicted molar refractivity (Wildman–Crippen MR) is 106 cm³/mol. The lowest BCUT2D eigenvalue weighted by Gasteiger charge is -2.28. The van der Waals surface area contributed by atoms with Gasteiger partial charge >= 0.3 is 0 Å². The molecule has 0 bridgehead atoms. The number of carbonyl (C=O) groups is 3. The highest BCUT2D eigenvalue weighted by molar-refractivity contribution is 6.06. The number of amides is 3. The van der Waals surface area contributed by atoms with E-state index in [0.29, 0.717) is 12.1 Å². The number of hydrogen-bond donors (Lipinski definition) is 2. The van der Waals surface area contributed by atoms with Crippen molar-refractivity contribution in [2.45, 2.75) is 46.6 Å². The Kier molecular flexibility index (Phi) is 5.31. The van der Waals surface area contributed by atoms with E-state index in [1.54, 1.807) is 19.1 Å². The van der Waals surface area contributed by atoms with E-state index in [1.165, 1.54) is 0 Å². The molecule has 2 aromatic rings. The molecule has 146 valence electrons. The van der Waals surface area contributed by atoms with Crippen molar-refractivity contribution in [3.8, 4) is 0 Å². The minimum atomic E-state index is -0.766. The summed E-state index contributed by atoms with van der Waals surface area (Å²) in [7, 11) is 0. The van der Waals surface area contributed by atoms with Crippen LogP contribution in [-0.2, 0) is 16.1 Å². The second-order valence-corrected chi connectivity index (χ2v) is 7.76. The number of nitrogens with one attached hydrogen (secondary N) is 2. The van der Waals surface area contributed by atoms with Crippen LogP contribution in [0.25, 0.3) is 0 Å². The van der Waals surface area contributed by atoms with E-state index in [4.69, 9.17) is 0 Å². The number of aromatic nitrogens is 1. The van der Waals surface area contributed by atoms with E-state index in [-0.39, 0.29) is 30.1 Å². The van der Waals surface area contributed by atoms with Gasteiger partial charge in [0.1, 0.15) is 0 Å². The van der Waals surface area contributed by atoms with E-state index in [2.05, 4.69) is 15.6 Å². The molecule has 2 atom stereocenters. The van der Waals surface area contributed by atoms with E-state index in [9.17, 15) is 14.4 Å². The summed E-state index contributed by atoms with van der Waals surface area (Å²) in [4.78, 5) is 40.5. The molecule has 6 nitrogen and oxygen atoms in total. The summed E-state index contributed by atoms with van der Waals surface area (Å²) in [6, 6.07) is 11.1. The first-order valence-corrected chi connectivity index (χ1v) is 9.35. The summed E-state index contributed by atoms with van der Waals surface area (Å²) in [6.45, 7) is 8.02. The minimum Gasteiger partial charge on any atom is -0.348 e. The largest absolute Gasteiger partial charge is 0.348 e. The third kappa shape index (κ3) is 3.96. The zero-order chi connectivity index (χ0) is 20.5. The molecule has 2 N–H and O–H groups in total. The predicted octanol–water partition coefficient (Wildman–Crippen LogP) is 2.78. The molecular weight excluding hydrogens is 354 g/mol. The van der Waals surface area contributed by atoms with Gasteiger partial charge in [-0.15, -0.1) is 0 Å². The first-order chi connectivity index (χ1) is 13.2. The summed E-state index contributed by atoms with van der Waals surface area (Å²) in [6.07, 6.45) is 0.181. The molecule has 1 aliphatic heterocycles. The van der Waals surface area contributed by atoms with E-state index >= 15 is 0 Å². The average molecular weight is 379 g/mol. The van der Waals surface area contributed by atoms with Crippen LogP contribution in [0.5, 0.6) is 0 Å². The van der Waals surface area contributed by atoms with E-state index in [1.807, 2.05) is 45.0 Å². The third-order valence-corrected chi connectivity index (χ3v) is 5.52. The van der Waals surface area contributed by atoms with Gasteiger partial charge in [0, 0.05) is 29.9 Å². The normalized spacial score (nSPS) is 20.0. The van der Waals surface area contributed by atoms with Gasteiger partial charge in [0.15, 0.2) is 0 Å². The molecule has 6 heteroatoms. The Balaban J connectivity index is 1.67. The lowest BCUT2D eigenvalue weighted by atomic mass is 9.73. The maximum atomic E-state index is 12.4. The van der Waals surface area contributed by atoms with Crippen LogP contribution in [0.1, 0.15) is 59.1 Å². The average Bonchev–Trinajstić information content (AvgIpc) is 2.91. The van der Waals surface area contributed by atoms with Gasteiger partial charge < -0.3 is 5.32 Å². The molecule has 3 rings (SSSR count). The maximum Gasteiger partial charge on any atom is 0.251 e. The number of carbonyl (C=O) groups excluding carboxylic acids is 3. The third-order valence-electron chi connectivity index (χ3n) is 5.52. The van der Waals surface area contributed by atoms with Gasteiger partial charge in [-0.05, 0) is 62.1 Å². The van der Waals surface area contributed by atoms with Crippen LogP contribution in [0.2, 0.25) is 0 Å². The second-order valence-electron chi connectivity index (χ2n) is 7.76. The van der Waals surface area contributed by atoms with Gasteiger partial charge in [0.25, 0.3) is 5.91 Å². The van der Waals surface area contributed by atoms with Crippen LogP contribution >= 0.6 is 0 Å². The van der Waals surface area contributed by atoms with Gasteiger partial charge in [-0.3, -0.25) is 24.7 Å². The second kappa shape index (κ2) is 7.54. The lowest BCUT2D eigenvalue weighted by Crippen LogP contribution is -2.33. The van der Waals surface area contributed by atoms with Crippen LogP contribution in [0.3, 0.4) is 0 Å². The molecule has 1 aromatic carbocycles. The van der Waals surface area contributed by atoms with Crippen LogP contribution in [0.4, 0.5) is 0 Å². The molecule has 1 saturated heterocycles. The number of pyridine rings is 1. The molecule has 1 aromatic heterocycles. The van der Waals surface area contributed by atoms with Crippen molar-refractivity contribution in [3.05, 3.63) is 64.5 Å². The standard InChI is InChI=1S/C22H25N3O3/c1-13-9-16(10-14(2)24-13)12-23-20(27)18-7-5-17(6-8-18)15(3)22(4)11-19(26)25-21(22)28/h5-10,15H,11-12H2,1-4H3,(H,23,27)(H,25,26,28)/t15?,22-/m0/s1. The Morgan fingerprint density at radius 2 is 1.79 bits per heavy atom. The fourth-order valence-electron chi connectivity index (χ4n) is 3.68. The number of hydrogen-bond acceptors (Lipinski definition) is 4. The minimum absolute atomic E-state index is 0.140. The lowest BCUT2D eigenvalue weighted by molar-refractivity contribution is -0.128. The summed E-state index contributed by atoms with van der Waals surface area (Å²) < 4.78 is 0. The smallest absolute Gasteiger partial charge is 0.251 e. The summed E-state index contributed by atoms with van der Waals surface area (Å²) in [5.74, 6) is -0.781. The van der Waals surface area contributed by atoms with Crippen molar-refractivity contribution >= 4 is 17.7 Å². The zero-order valence-corrected chi connectivity index (χ0v) is 16.6. The molecule has 0 aliphatic carbocycles. The molecule has 1 unspecified atom stereocenters. The van der Waals surface area contributed by atoms with Crippen LogP contribution in [0.15, 0.2) is 36.4 Å². The molecule has 2 heterocycles. The summed E-state index contributed by atoms with van der Waals surface area (Å²) in [5, 5.41) is 5.30. The van der Waals surface area contributed by atoms with E-state index < -0.39 is 5.41 Å². The van der Waals surface area contributed by atoms with Crippen molar-refractivity contribution in [2.75, 3.05) is 0 Å². The number of rotatable bonds is 5. The van der Waals surface area contributed by atoms with Crippen LogP contribution in [0, 0.1) is 19.3 Å². The summed E-state index contributed by atoms with van der Waals surface area (Å²) in [5.41, 5.74) is 3.56. The maximum absolute atomic E-state index is 12.4. The highest BCUT2D eigenvalue weighted by Crippen LogP contribution is 2.41. The Hall–Kier alpha value is -3.02. The highest BCUT2D eigenvalue weighted by Gasteiger charge is 2.46. The molecule has 0 spiro atoms. The molecule has 3 amide bonds. The van der Waals surface area contributed by atoms with E-state index in [0.717, 1.165) is 22.5 Å². The fraction of sp³-hybridized carbons (Fsp3) is 0.364. The fourth-order valence-corrected chi connectivity index (χ4v) is 3.68. The van der Waals surface area contributed by atoms with Gasteiger partial charge in [0.2, 0.25) is 11.8 Å². The molecule has 0 radical (unpaired) electrons. The Morgan fingerprint density at radius 3 is 2.32 bits per heavy atom. The number of imide groups is 1. The molecule has 1 fully saturated rings. The highest BCUT2D eigenvalue weighted by atomic mass is 16.2. The molecular formula is C22H25N3O3. The summed E-state index contributed by atoms with van der Waals surface area (Å²) >= 11 is 0. The van der Waals surface area contributed by atoms with Gasteiger partial charge in [-0.25, -0.2) is 0 Å². The number of nitrogens with zero attached hydrogens (tertiary/aromatic N) is 1. The van der Waals surface area contributed by atoms with Gasteiger partial charge in [0.05, 0.1) is 5.41 Å². The van der Waals surface area contributed by atoms with Crippen molar-refractivity contribution in [1.82, 2.24) is 15.6 Å². The van der Waals surface area contributed by atoms with Gasteiger partial charge in [-0.1, -0.05) is 19.1 Å². The Bertz CT molecular complexity index is 916. The van der Waals surface area contributed by atoms with Crippen molar-refractivity contribution < 1.29 is 14.4 Å². The Morgan fingerprint density at radius 1 is 1.18 bits per heavy atom. The SMILES string of the molecule is Cc1cc(CNC(=O)c2ccc(C(C)[C@]3(C)CC(=O)NC3=O)cc2)cc(C)n1. The van der Waals surface area contributed by atoms with Crippen LogP contribution in [-0.4, -0.2) is 22.7 Å². The first-order valence-electron chi connectivity index (χ1n) is 9.35. The van der Waals surface area contributed by atoms with Crippen molar-refractivity contribution in [2.24, 2.45) is 5.41 Å². The zero-order valence-electron chi connectivity index (χ0n) is 16.6.